The van der Waals surface area contributed by atoms with E-state index < -0.39 is 0 Å². The lowest BCUT2D eigenvalue weighted by Crippen LogP contribution is -2.15. The highest BCUT2D eigenvalue weighted by Gasteiger charge is 2.18. The lowest BCUT2D eigenvalue weighted by Gasteiger charge is -2.03. The van der Waals surface area contributed by atoms with Crippen LogP contribution in [-0.2, 0) is 0 Å². The van der Waals surface area contributed by atoms with Crippen molar-refractivity contribution in [2.45, 2.75) is 6.92 Å². The molecule has 3 heterocycles. The van der Waals surface area contributed by atoms with Crippen LogP contribution in [0.25, 0.3) is 16.9 Å². The molecule has 25 heavy (non-hydrogen) atoms. The lowest BCUT2D eigenvalue weighted by molar-refractivity contribution is 0.102. The Morgan fingerprint density at radius 2 is 2.00 bits per heavy atom. The van der Waals surface area contributed by atoms with Crippen LogP contribution in [0.4, 0.5) is 5.13 Å². The molecule has 0 spiro atoms. The second-order valence-electron chi connectivity index (χ2n) is 5.48. The van der Waals surface area contributed by atoms with Gasteiger partial charge in [0, 0.05) is 28.2 Å². The van der Waals surface area contributed by atoms with E-state index in [4.69, 9.17) is 11.6 Å². The molecule has 0 aliphatic heterocycles. The van der Waals surface area contributed by atoms with Gasteiger partial charge in [-0.15, -0.1) is 11.3 Å². The number of fused-ring (bicyclic) bond motifs is 1. The molecule has 7 heteroatoms. The molecule has 3 aromatic heterocycles. The second kappa shape index (κ2) is 6.31. The van der Waals surface area contributed by atoms with Crippen molar-refractivity contribution in [2.24, 2.45) is 0 Å². The third-order valence-electron chi connectivity index (χ3n) is 3.77. The number of carbonyl (C=O) groups is 1. The molecular formula is C18H13ClN4OS. The van der Waals surface area contributed by atoms with Crippen LogP contribution in [-0.4, -0.2) is 20.3 Å². The van der Waals surface area contributed by atoms with E-state index in [0.29, 0.717) is 27.2 Å². The van der Waals surface area contributed by atoms with Gasteiger partial charge in [-0.1, -0.05) is 41.9 Å². The summed E-state index contributed by atoms with van der Waals surface area (Å²) in [6, 6.07) is 13.3. The number of aromatic nitrogens is 3. The predicted molar refractivity (Wildman–Crippen MR) is 100 cm³/mol. The Bertz CT molecular complexity index is 1070. The summed E-state index contributed by atoms with van der Waals surface area (Å²) in [6.07, 6.45) is 1.74. The van der Waals surface area contributed by atoms with E-state index in [-0.39, 0.29) is 5.91 Å². The highest BCUT2D eigenvalue weighted by atomic mass is 35.5. The molecule has 0 saturated heterocycles. The Morgan fingerprint density at radius 3 is 2.80 bits per heavy atom. The van der Waals surface area contributed by atoms with Crippen molar-refractivity contribution in [2.75, 3.05) is 5.32 Å². The number of aryl methyl sites for hydroxylation is 1. The molecule has 1 N–H and O–H groups in total. The maximum absolute atomic E-state index is 12.7. The molecule has 5 nitrogen and oxygen atoms in total. The molecule has 124 valence electrons. The summed E-state index contributed by atoms with van der Waals surface area (Å²) >= 11 is 7.38. The minimum atomic E-state index is -0.249. The topological polar surface area (TPSA) is 59.3 Å². The van der Waals surface area contributed by atoms with Gasteiger partial charge in [-0.2, -0.15) is 0 Å². The SMILES string of the molecule is Cc1nc2cc(Cl)ccn2c1C(=O)Nc1nc(-c2ccccc2)cs1. The Balaban J connectivity index is 1.63. The normalized spacial score (nSPS) is 11.0. The largest absolute Gasteiger partial charge is 0.296 e. The van der Waals surface area contributed by atoms with Crippen LogP contribution in [0.2, 0.25) is 5.02 Å². The molecule has 4 aromatic rings. The molecule has 0 saturated carbocycles. The summed E-state index contributed by atoms with van der Waals surface area (Å²) in [5, 5.41) is 5.91. The molecule has 1 aromatic carbocycles. The number of nitrogens with zero attached hydrogens (tertiary/aromatic N) is 3. The fraction of sp³-hybridized carbons (Fsp3) is 0.0556. The van der Waals surface area contributed by atoms with Crippen LogP contribution in [0.5, 0.6) is 0 Å². The van der Waals surface area contributed by atoms with Gasteiger partial charge in [-0.25, -0.2) is 9.97 Å². The summed E-state index contributed by atoms with van der Waals surface area (Å²) in [5.41, 5.74) is 3.60. The Morgan fingerprint density at radius 1 is 1.20 bits per heavy atom. The minimum absolute atomic E-state index is 0.249. The van der Waals surface area contributed by atoms with Gasteiger partial charge in [0.15, 0.2) is 5.13 Å². The highest BCUT2D eigenvalue weighted by Crippen LogP contribution is 2.25. The average Bonchev–Trinajstić information content (AvgIpc) is 3.18. The Hall–Kier alpha value is -2.70. The summed E-state index contributed by atoms with van der Waals surface area (Å²) in [5.74, 6) is -0.249. The number of thiazole rings is 1. The van der Waals surface area contributed by atoms with Gasteiger partial charge in [0.25, 0.3) is 5.91 Å². The van der Waals surface area contributed by atoms with Crippen LogP contribution >= 0.6 is 22.9 Å². The maximum Gasteiger partial charge on any atom is 0.276 e. The van der Waals surface area contributed by atoms with E-state index >= 15 is 0 Å². The first-order valence-corrected chi connectivity index (χ1v) is 8.84. The number of imidazole rings is 1. The van der Waals surface area contributed by atoms with Crippen molar-refractivity contribution in [3.63, 3.8) is 0 Å². The number of hydrogen-bond donors (Lipinski definition) is 1. The first-order valence-electron chi connectivity index (χ1n) is 7.58. The number of amides is 1. The van der Waals surface area contributed by atoms with Crippen molar-refractivity contribution in [3.8, 4) is 11.3 Å². The van der Waals surface area contributed by atoms with Crippen molar-refractivity contribution < 1.29 is 4.79 Å². The zero-order valence-electron chi connectivity index (χ0n) is 13.2. The summed E-state index contributed by atoms with van der Waals surface area (Å²) < 4.78 is 1.72. The molecule has 4 rings (SSSR count). The smallest absolute Gasteiger partial charge is 0.276 e. The van der Waals surface area contributed by atoms with E-state index in [1.165, 1.54) is 11.3 Å². The predicted octanol–water partition coefficient (Wildman–Crippen LogP) is 4.67. The van der Waals surface area contributed by atoms with E-state index in [2.05, 4.69) is 15.3 Å². The van der Waals surface area contributed by atoms with Crippen LogP contribution in [0.1, 0.15) is 16.2 Å². The molecule has 0 aliphatic rings. The zero-order valence-corrected chi connectivity index (χ0v) is 14.8. The van der Waals surface area contributed by atoms with Crippen molar-refractivity contribution in [1.82, 2.24) is 14.4 Å². The minimum Gasteiger partial charge on any atom is -0.296 e. The van der Waals surface area contributed by atoms with Crippen LogP contribution in [0, 0.1) is 6.92 Å². The fourth-order valence-electron chi connectivity index (χ4n) is 2.64. The van der Waals surface area contributed by atoms with E-state index in [0.717, 1.165) is 11.3 Å². The number of rotatable bonds is 3. The number of pyridine rings is 1. The van der Waals surface area contributed by atoms with Gasteiger partial charge in [-0.05, 0) is 13.0 Å². The van der Waals surface area contributed by atoms with Crippen LogP contribution in [0.15, 0.2) is 54.0 Å². The van der Waals surface area contributed by atoms with Gasteiger partial charge in [0.05, 0.1) is 11.4 Å². The number of benzene rings is 1. The quantitative estimate of drug-likeness (QED) is 0.571. The number of nitrogens with one attached hydrogen (secondary N) is 1. The molecule has 0 aliphatic carbocycles. The van der Waals surface area contributed by atoms with Gasteiger partial charge in [0.1, 0.15) is 11.3 Å². The number of carbonyl (C=O) groups excluding carboxylic acids is 1. The zero-order chi connectivity index (χ0) is 17.4. The molecule has 0 bridgehead atoms. The van der Waals surface area contributed by atoms with Gasteiger partial charge in [-0.3, -0.25) is 14.5 Å². The fourth-order valence-corrected chi connectivity index (χ4v) is 3.51. The van der Waals surface area contributed by atoms with Crippen molar-refractivity contribution in [3.05, 3.63) is 70.5 Å². The van der Waals surface area contributed by atoms with Gasteiger partial charge in [0.2, 0.25) is 0 Å². The monoisotopic (exact) mass is 368 g/mol. The second-order valence-corrected chi connectivity index (χ2v) is 6.77. The van der Waals surface area contributed by atoms with Gasteiger partial charge < -0.3 is 0 Å². The van der Waals surface area contributed by atoms with E-state index in [1.807, 2.05) is 35.7 Å². The van der Waals surface area contributed by atoms with Crippen LogP contribution < -0.4 is 5.32 Å². The molecule has 0 atom stereocenters. The Labute approximate surface area is 152 Å². The standard InChI is InChI=1S/C18H13ClN4OS/c1-11-16(23-8-7-13(19)9-15(23)20-11)17(24)22-18-21-14(10-25-18)12-5-3-2-4-6-12/h2-10H,1H3,(H,21,22,24). The average molecular weight is 369 g/mol. The first kappa shape index (κ1) is 15.8. The Kier molecular flexibility index (Phi) is 3.99. The number of halogens is 1. The molecule has 1 amide bonds. The lowest BCUT2D eigenvalue weighted by atomic mass is 10.2. The van der Waals surface area contributed by atoms with E-state index in [1.54, 1.807) is 29.7 Å². The molecule has 0 unspecified atom stereocenters. The van der Waals surface area contributed by atoms with Crippen molar-refractivity contribution >= 4 is 39.6 Å². The van der Waals surface area contributed by atoms with Crippen molar-refractivity contribution in [1.29, 1.82) is 0 Å². The third-order valence-corrected chi connectivity index (χ3v) is 4.76. The highest BCUT2D eigenvalue weighted by molar-refractivity contribution is 7.14. The van der Waals surface area contributed by atoms with Crippen LogP contribution in [0.3, 0.4) is 0 Å². The van der Waals surface area contributed by atoms with E-state index in [9.17, 15) is 4.79 Å². The summed E-state index contributed by atoms with van der Waals surface area (Å²) in [4.78, 5) is 21.6. The molecule has 0 radical (unpaired) electrons. The maximum atomic E-state index is 12.7. The molecule has 0 fully saturated rings. The summed E-state index contributed by atoms with van der Waals surface area (Å²) in [7, 11) is 0. The molecular weight excluding hydrogens is 356 g/mol. The van der Waals surface area contributed by atoms with Gasteiger partial charge >= 0.3 is 0 Å². The third kappa shape index (κ3) is 3.01. The number of anilines is 1. The number of hydrogen-bond acceptors (Lipinski definition) is 4. The summed E-state index contributed by atoms with van der Waals surface area (Å²) in [6.45, 7) is 1.80. The first-order chi connectivity index (χ1) is 12.1.